The van der Waals surface area contributed by atoms with Crippen molar-refractivity contribution >= 4 is 5.96 Å². The average molecular weight is 360 g/mol. The molecule has 1 aromatic carbocycles. The van der Waals surface area contributed by atoms with Gasteiger partial charge in [0.25, 0.3) is 0 Å². The molecule has 5 nitrogen and oxygen atoms in total. The van der Waals surface area contributed by atoms with Gasteiger partial charge in [-0.15, -0.1) is 0 Å². The van der Waals surface area contributed by atoms with E-state index in [0.29, 0.717) is 0 Å². The highest BCUT2D eigenvalue weighted by Gasteiger charge is 2.08. The third kappa shape index (κ3) is 8.19. The lowest BCUT2D eigenvalue weighted by Crippen LogP contribution is -2.38. The minimum Gasteiger partial charge on any atom is -0.356 e. The molecule has 0 aliphatic carbocycles. The number of hydrogen-bond acceptors (Lipinski definition) is 3. The Morgan fingerprint density at radius 3 is 2.27 bits per heavy atom. The molecule has 1 saturated heterocycles. The Morgan fingerprint density at radius 1 is 1.00 bits per heavy atom. The molecular weight excluding hydrogens is 322 g/mol. The third-order valence-electron chi connectivity index (χ3n) is 4.85. The molecule has 1 fully saturated rings. The molecule has 1 aliphatic heterocycles. The Kier molecular flexibility index (Phi) is 9.50. The van der Waals surface area contributed by atoms with Gasteiger partial charge in [0, 0.05) is 26.7 Å². The van der Waals surface area contributed by atoms with Crippen molar-refractivity contribution in [3.63, 3.8) is 0 Å². The molecule has 0 atom stereocenters. The van der Waals surface area contributed by atoms with Crippen LogP contribution in [0, 0.1) is 0 Å². The first-order chi connectivity index (χ1) is 12.7. The molecule has 5 heteroatoms. The predicted molar refractivity (Wildman–Crippen MR) is 112 cm³/mol. The fourth-order valence-corrected chi connectivity index (χ4v) is 3.40. The molecule has 0 saturated carbocycles. The quantitative estimate of drug-likeness (QED) is 0.425. The smallest absolute Gasteiger partial charge is 0.191 e. The van der Waals surface area contributed by atoms with Crippen LogP contribution in [0.4, 0.5) is 0 Å². The summed E-state index contributed by atoms with van der Waals surface area (Å²) in [6.45, 7) is 6.49. The van der Waals surface area contributed by atoms with Gasteiger partial charge in [0.2, 0.25) is 0 Å². The van der Waals surface area contributed by atoms with Crippen molar-refractivity contribution in [2.24, 2.45) is 4.99 Å². The van der Waals surface area contributed by atoms with Crippen molar-refractivity contribution in [3.05, 3.63) is 35.4 Å². The highest BCUT2D eigenvalue weighted by molar-refractivity contribution is 5.79. The topological polar surface area (TPSA) is 42.9 Å². The number of benzene rings is 1. The summed E-state index contributed by atoms with van der Waals surface area (Å²) in [6.07, 6.45) is 6.71. The lowest BCUT2D eigenvalue weighted by molar-refractivity contribution is 0.282. The summed E-state index contributed by atoms with van der Waals surface area (Å²) < 4.78 is 0. The van der Waals surface area contributed by atoms with Crippen LogP contribution in [0.15, 0.2) is 29.3 Å². The van der Waals surface area contributed by atoms with E-state index in [1.807, 2.05) is 7.05 Å². The van der Waals surface area contributed by atoms with E-state index in [1.54, 1.807) is 0 Å². The SMILES string of the molecule is CN=C(NCCCN1CCCCCC1)NCc1ccc(CN(C)C)cc1. The summed E-state index contributed by atoms with van der Waals surface area (Å²) in [4.78, 5) is 9.13. The molecule has 0 bridgehead atoms. The first kappa shape index (κ1) is 20.7. The summed E-state index contributed by atoms with van der Waals surface area (Å²) in [7, 11) is 6.03. The van der Waals surface area contributed by atoms with Gasteiger partial charge in [0.05, 0.1) is 0 Å². The van der Waals surface area contributed by atoms with Gasteiger partial charge in [-0.3, -0.25) is 4.99 Å². The summed E-state index contributed by atoms with van der Waals surface area (Å²) in [5, 5.41) is 6.85. The van der Waals surface area contributed by atoms with Gasteiger partial charge in [0.1, 0.15) is 0 Å². The monoisotopic (exact) mass is 359 g/mol. The van der Waals surface area contributed by atoms with Gasteiger partial charge in [0.15, 0.2) is 5.96 Å². The minimum atomic E-state index is 0.800. The Bertz CT molecular complexity index is 516. The second-order valence-electron chi connectivity index (χ2n) is 7.52. The number of hydrogen-bond donors (Lipinski definition) is 2. The van der Waals surface area contributed by atoms with E-state index in [4.69, 9.17) is 0 Å². The summed E-state index contributed by atoms with van der Waals surface area (Å²) in [5.41, 5.74) is 2.62. The highest BCUT2D eigenvalue weighted by atomic mass is 15.2. The van der Waals surface area contributed by atoms with Crippen molar-refractivity contribution < 1.29 is 0 Å². The van der Waals surface area contributed by atoms with Crippen LogP contribution in [0.2, 0.25) is 0 Å². The molecule has 0 aromatic heterocycles. The first-order valence-electron chi connectivity index (χ1n) is 10.1. The van der Waals surface area contributed by atoms with Crippen LogP contribution in [0.3, 0.4) is 0 Å². The van der Waals surface area contributed by atoms with Crippen molar-refractivity contribution in [3.8, 4) is 0 Å². The van der Waals surface area contributed by atoms with E-state index in [2.05, 4.69) is 63.8 Å². The molecule has 2 rings (SSSR count). The normalized spacial score (nSPS) is 16.5. The molecule has 1 heterocycles. The number of nitrogens with zero attached hydrogens (tertiary/aromatic N) is 3. The molecule has 26 heavy (non-hydrogen) atoms. The Balaban J connectivity index is 1.64. The zero-order valence-electron chi connectivity index (χ0n) is 16.9. The third-order valence-corrected chi connectivity index (χ3v) is 4.85. The molecule has 146 valence electrons. The van der Waals surface area contributed by atoms with Crippen LogP contribution in [-0.2, 0) is 13.1 Å². The second kappa shape index (κ2) is 11.9. The molecule has 1 aromatic rings. The fourth-order valence-electron chi connectivity index (χ4n) is 3.40. The lowest BCUT2D eigenvalue weighted by atomic mass is 10.1. The highest BCUT2D eigenvalue weighted by Crippen LogP contribution is 2.09. The van der Waals surface area contributed by atoms with Gasteiger partial charge < -0.3 is 20.4 Å². The Morgan fingerprint density at radius 2 is 1.65 bits per heavy atom. The van der Waals surface area contributed by atoms with Crippen LogP contribution >= 0.6 is 0 Å². The summed E-state index contributed by atoms with van der Waals surface area (Å²) >= 11 is 0. The molecular formula is C21H37N5. The molecule has 0 radical (unpaired) electrons. The number of rotatable bonds is 8. The molecule has 1 aliphatic rings. The summed E-state index contributed by atoms with van der Waals surface area (Å²) in [6, 6.07) is 8.79. The van der Waals surface area contributed by atoms with Crippen molar-refractivity contribution in [2.45, 2.75) is 45.2 Å². The Labute approximate surface area is 159 Å². The van der Waals surface area contributed by atoms with Gasteiger partial charge in [-0.1, -0.05) is 37.1 Å². The predicted octanol–water partition coefficient (Wildman–Crippen LogP) is 2.68. The van der Waals surface area contributed by atoms with E-state index in [1.165, 1.54) is 62.9 Å². The van der Waals surface area contributed by atoms with Gasteiger partial charge in [-0.05, 0) is 64.1 Å². The standard InChI is InChI=1S/C21H37N5/c1-22-21(23-13-8-16-26-14-6-4-5-7-15-26)24-17-19-9-11-20(12-10-19)18-25(2)3/h9-12H,4-8,13-18H2,1-3H3,(H2,22,23,24). The zero-order chi connectivity index (χ0) is 18.6. The Hall–Kier alpha value is -1.59. The molecule has 0 spiro atoms. The van der Waals surface area contributed by atoms with Crippen LogP contribution in [0.1, 0.15) is 43.2 Å². The average Bonchev–Trinajstić information content (AvgIpc) is 2.91. The maximum Gasteiger partial charge on any atom is 0.191 e. The number of nitrogens with one attached hydrogen (secondary N) is 2. The summed E-state index contributed by atoms with van der Waals surface area (Å²) in [5.74, 6) is 0.887. The van der Waals surface area contributed by atoms with E-state index in [-0.39, 0.29) is 0 Å². The van der Waals surface area contributed by atoms with Crippen molar-refractivity contribution in [1.82, 2.24) is 20.4 Å². The maximum absolute atomic E-state index is 4.33. The van der Waals surface area contributed by atoms with E-state index in [0.717, 1.165) is 25.6 Å². The molecule has 2 N–H and O–H groups in total. The van der Waals surface area contributed by atoms with E-state index < -0.39 is 0 Å². The number of guanidine groups is 1. The maximum atomic E-state index is 4.33. The number of likely N-dealkylation sites (tertiary alicyclic amines) is 1. The van der Waals surface area contributed by atoms with Crippen LogP contribution < -0.4 is 10.6 Å². The minimum absolute atomic E-state index is 0.800. The van der Waals surface area contributed by atoms with Gasteiger partial charge >= 0.3 is 0 Å². The van der Waals surface area contributed by atoms with Crippen LogP contribution in [0.25, 0.3) is 0 Å². The van der Waals surface area contributed by atoms with Crippen molar-refractivity contribution in [2.75, 3.05) is 47.3 Å². The largest absolute Gasteiger partial charge is 0.356 e. The fraction of sp³-hybridized carbons (Fsp3) is 0.667. The molecule has 0 amide bonds. The van der Waals surface area contributed by atoms with Gasteiger partial charge in [-0.2, -0.15) is 0 Å². The first-order valence-corrected chi connectivity index (χ1v) is 10.1. The van der Waals surface area contributed by atoms with E-state index >= 15 is 0 Å². The molecule has 0 unspecified atom stereocenters. The van der Waals surface area contributed by atoms with E-state index in [9.17, 15) is 0 Å². The second-order valence-corrected chi connectivity index (χ2v) is 7.52. The zero-order valence-corrected chi connectivity index (χ0v) is 16.9. The number of aliphatic imine (C=N–C) groups is 1. The van der Waals surface area contributed by atoms with Crippen molar-refractivity contribution in [1.29, 1.82) is 0 Å². The van der Waals surface area contributed by atoms with Crippen LogP contribution in [-0.4, -0.2) is 63.1 Å². The van der Waals surface area contributed by atoms with Crippen LogP contribution in [0.5, 0.6) is 0 Å². The van der Waals surface area contributed by atoms with Gasteiger partial charge in [-0.25, -0.2) is 0 Å². The lowest BCUT2D eigenvalue weighted by Gasteiger charge is -2.20.